The molecule has 2 aromatic carbocycles. The Kier molecular flexibility index (Phi) is 6.83. The average molecular weight is 453 g/mol. The second-order valence-corrected chi connectivity index (χ2v) is 8.15. The summed E-state index contributed by atoms with van der Waals surface area (Å²) in [6.45, 7) is 0. The second kappa shape index (κ2) is 8.74. The third-order valence-corrected chi connectivity index (χ3v) is 5.29. The van der Waals surface area contributed by atoms with Crippen molar-refractivity contribution in [1.29, 1.82) is 0 Å². The summed E-state index contributed by atoms with van der Waals surface area (Å²) in [5.41, 5.74) is 0.140. The van der Waals surface area contributed by atoms with Crippen LogP contribution in [-0.2, 0) is 20.2 Å². The number of hydrogen-bond donors (Lipinski definition) is 0. The smallest absolute Gasteiger partial charge is 0.125 e. The minimum atomic E-state index is -4.87. The Morgan fingerprint density at radius 3 is 1.39 bits per heavy atom. The highest BCUT2D eigenvalue weighted by atomic mass is 32.2. The maximum atomic E-state index is 11.5. The van der Waals surface area contributed by atoms with Gasteiger partial charge in [-0.2, -0.15) is 9.98 Å². The average Bonchev–Trinajstić information content (AvgIpc) is 2.60. The van der Waals surface area contributed by atoms with Gasteiger partial charge in [0, 0.05) is 0 Å². The van der Waals surface area contributed by atoms with Gasteiger partial charge >= 0.3 is 0 Å². The standard InChI is InChI=1S/C16H10N2O6S4/c19-27(20,21)15-7-13(17-9-25)5-3-11(15)1-2-12-4-6-14(18-10-26)8-16(12)28(22,23)24/h1-8H,(H,19,20,21)(H,22,23,24)/p-2. The molecule has 2 rings (SSSR count). The zero-order valence-corrected chi connectivity index (χ0v) is 16.9. The highest BCUT2D eigenvalue weighted by Gasteiger charge is 2.11. The van der Waals surface area contributed by atoms with Gasteiger partial charge in [-0.15, -0.1) is 0 Å². The Morgan fingerprint density at radius 2 is 1.11 bits per heavy atom. The van der Waals surface area contributed by atoms with Crippen LogP contribution in [-0.4, -0.2) is 36.3 Å². The second-order valence-electron chi connectivity index (χ2n) is 5.09. The van der Waals surface area contributed by atoms with Crippen molar-refractivity contribution in [2.45, 2.75) is 9.79 Å². The van der Waals surface area contributed by atoms with E-state index in [9.17, 15) is 25.9 Å². The van der Waals surface area contributed by atoms with E-state index in [2.05, 4.69) is 44.7 Å². The van der Waals surface area contributed by atoms with Gasteiger partial charge in [-0.25, -0.2) is 16.8 Å². The summed E-state index contributed by atoms with van der Waals surface area (Å²) >= 11 is 8.87. The Balaban J connectivity index is 2.63. The van der Waals surface area contributed by atoms with Crippen LogP contribution in [0.3, 0.4) is 0 Å². The predicted octanol–water partition coefficient (Wildman–Crippen LogP) is 3.13. The lowest BCUT2D eigenvalue weighted by Crippen LogP contribution is -2.02. The quantitative estimate of drug-likeness (QED) is 0.282. The number of aliphatic imine (C=N–C) groups is 2. The molecule has 144 valence electrons. The van der Waals surface area contributed by atoms with Crippen LogP contribution in [0.2, 0.25) is 0 Å². The molecule has 2 aromatic rings. The molecule has 0 spiro atoms. The first-order valence-electron chi connectivity index (χ1n) is 7.10. The summed E-state index contributed by atoms with van der Waals surface area (Å²) in [4.78, 5) is 6.02. The first-order valence-corrected chi connectivity index (χ1v) is 10.7. The van der Waals surface area contributed by atoms with Crippen molar-refractivity contribution in [2.75, 3.05) is 0 Å². The summed E-state index contributed by atoms with van der Waals surface area (Å²) in [6, 6.07) is 7.34. The molecule has 0 heterocycles. The molecule has 0 atom stereocenters. The summed E-state index contributed by atoms with van der Waals surface area (Å²) < 4.78 is 69.1. The number of rotatable bonds is 6. The fourth-order valence-corrected chi connectivity index (χ4v) is 3.77. The Bertz CT molecular complexity index is 1170. The summed E-state index contributed by atoms with van der Waals surface area (Å²) in [5.74, 6) is 0. The molecule has 8 nitrogen and oxygen atoms in total. The molecule has 0 aliphatic rings. The molecule has 28 heavy (non-hydrogen) atoms. The largest absolute Gasteiger partial charge is 0.744 e. The number of nitrogens with zero attached hydrogens (tertiary/aromatic N) is 2. The Morgan fingerprint density at radius 1 is 0.750 bits per heavy atom. The Hall–Kier alpha value is -2.40. The van der Waals surface area contributed by atoms with Crippen molar-refractivity contribution in [1.82, 2.24) is 0 Å². The third-order valence-electron chi connectivity index (χ3n) is 3.32. The Labute approximate surface area is 171 Å². The van der Waals surface area contributed by atoms with Crippen molar-refractivity contribution in [3.05, 3.63) is 47.5 Å². The molecule has 0 amide bonds. The van der Waals surface area contributed by atoms with Gasteiger partial charge in [0.25, 0.3) is 0 Å². The third kappa shape index (κ3) is 5.55. The first-order chi connectivity index (χ1) is 13.1. The maximum absolute atomic E-state index is 11.5. The normalized spacial score (nSPS) is 11.6. The van der Waals surface area contributed by atoms with Crippen molar-refractivity contribution >= 4 is 78.5 Å². The molecule has 12 heteroatoms. The number of benzene rings is 2. The van der Waals surface area contributed by atoms with E-state index in [4.69, 9.17) is 0 Å². The van der Waals surface area contributed by atoms with Crippen LogP contribution in [0.5, 0.6) is 0 Å². The van der Waals surface area contributed by atoms with Crippen molar-refractivity contribution in [3.63, 3.8) is 0 Å². The van der Waals surface area contributed by atoms with Crippen LogP contribution < -0.4 is 0 Å². The van der Waals surface area contributed by atoms with Crippen molar-refractivity contribution in [2.24, 2.45) is 9.98 Å². The minimum Gasteiger partial charge on any atom is -0.744 e. The highest BCUT2D eigenvalue weighted by Crippen LogP contribution is 2.27. The molecular formula is C16H8N2O6S4-2. The van der Waals surface area contributed by atoms with E-state index < -0.39 is 30.0 Å². The van der Waals surface area contributed by atoms with Gasteiger partial charge in [-0.3, -0.25) is 0 Å². The zero-order valence-electron chi connectivity index (χ0n) is 13.6. The topological polar surface area (TPSA) is 139 Å². The van der Waals surface area contributed by atoms with E-state index in [1.165, 1.54) is 36.4 Å². The van der Waals surface area contributed by atoms with Gasteiger partial charge < -0.3 is 9.11 Å². The van der Waals surface area contributed by atoms with Crippen molar-refractivity contribution < 1.29 is 25.9 Å². The molecule has 0 aliphatic carbocycles. The molecule has 0 fully saturated rings. The molecular weight excluding hydrogens is 444 g/mol. The lowest BCUT2D eigenvalue weighted by atomic mass is 10.1. The van der Waals surface area contributed by atoms with E-state index in [1.54, 1.807) is 0 Å². The van der Waals surface area contributed by atoms with Gasteiger partial charge in [0.2, 0.25) is 0 Å². The van der Waals surface area contributed by atoms with Gasteiger partial charge in [0.15, 0.2) is 0 Å². The minimum absolute atomic E-state index is 0.0337. The van der Waals surface area contributed by atoms with Gasteiger partial charge in [0.05, 0.1) is 31.5 Å². The van der Waals surface area contributed by atoms with Gasteiger partial charge in [-0.1, -0.05) is 24.3 Å². The van der Waals surface area contributed by atoms with E-state index in [0.717, 1.165) is 12.1 Å². The van der Waals surface area contributed by atoms with E-state index in [-0.39, 0.29) is 22.5 Å². The number of thiocarbonyl (C=S) groups is 2. The molecule has 0 saturated carbocycles. The molecule has 0 unspecified atom stereocenters. The SMILES string of the molecule is O=S(=O)([O-])c1cc(N=C=S)ccc1C=Cc1ccc(N=C=S)cc1S(=O)(=O)[O-]. The molecule has 0 aromatic heterocycles. The lowest BCUT2D eigenvalue weighted by molar-refractivity contribution is 0.460. The predicted molar refractivity (Wildman–Crippen MR) is 107 cm³/mol. The monoisotopic (exact) mass is 452 g/mol. The van der Waals surface area contributed by atoms with Crippen LogP contribution in [0.1, 0.15) is 11.1 Å². The number of isothiocyanates is 2. The highest BCUT2D eigenvalue weighted by molar-refractivity contribution is 7.86. The van der Waals surface area contributed by atoms with Crippen molar-refractivity contribution in [3.8, 4) is 0 Å². The first kappa shape index (κ1) is 21.9. The van der Waals surface area contributed by atoms with Crippen LogP contribution in [0.25, 0.3) is 12.2 Å². The summed E-state index contributed by atoms with van der Waals surface area (Å²) in [7, 11) is -9.74. The molecule has 0 aliphatic heterocycles. The summed E-state index contributed by atoms with van der Waals surface area (Å²) in [6.07, 6.45) is 2.36. The fraction of sp³-hybridized carbons (Fsp3) is 0. The molecule has 0 saturated heterocycles. The van der Waals surface area contributed by atoms with Crippen LogP contribution >= 0.6 is 24.4 Å². The fourth-order valence-electron chi connectivity index (χ4n) is 2.18. The molecule has 0 radical (unpaired) electrons. The van der Waals surface area contributed by atoms with Gasteiger partial charge in [-0.05, 0) is 59.8 Å². The van der Waals surface area contributed by atoms with Crippen LogP contribution in [0, 0.1) is 0 Å². The van der Waals surface area contributed by atoms with Crippen LogP contribution in [0.15, 0.2) is 56.2 Å². The van der Waals surface area contributed by atoms with E-state index in [0.29, 0.717) is 0 Å². The van der Waals surface area contributed by atoms with E-state index >= 15 is 0 Å². The summed E-state index contributed by atoms with van der Waals surface area (Å²) in [5, 5.41) is 4.10. The van der Waals surface area contributed by atoms with Gasteiger partial charge in [0.1, 0.15) is 20.2 Å². The lowest BCUT2D eigenvalue weighted by Gasteiger charge is -2.13. The maximum Gasteiger partial charge on any atom is 0.125 e. The molecule has 0 bridgehead atoms. The van der Waals surface area contributed by atoms with Crippen LogP contribution in [0.4, 0.5) is 11.4 Å². The zero-order chi connectivity index (χ0) is 20.9. The number of hydrogen-bond acceptors (Lipinski definition) is 10. The van der Waals surface area contributed by atoms with E-state index in [1.807, 2.05) is 0 Å². The molecule has 0 N–H and O–H groups in total.